The monoisotopic (exact) mass is 324 g/mol. The number of carbonyl (C=O) groups is 2. The van der Waals surface area contributed by atoms with Crippen LogP contribution in [0.4, 0.5) is 4.79 Å². The van der Waals surface area contributed by atoms with Crippen molar-refractivity contribution in [2.75, 3.05) is 6.54 Å². The van der Waals surface area contributed by atoms with Crippen molar-refractivity contribution in [3.63, 3.8) is 0 Å². The lowest BCUT2D eigenvalue weighted by atomic mass is 10.1. The van der Waals surface area contributed by atoms with E-state index in [1.54, 1.807) is 39.0 Å². The molecule has 1 fully saturated rings. The maximum atomic E-state index is 12.6. The smallest absolute Gasteiger partial charge is 0.408 e. The minimum absolute atomic E-state index is 0.0560. The molecule has 1 aromatic rings. The molecule has 0 radical (unpaired) electrons. The lowest BCUT2D eigenvalue weighted by Crippen LogP contribution is -2.47. The normalized spacial score (nSPS) is 19.8. The molecule has 1 N–H and O–H groups in total. The van der Waals surface area contributed by atoms with Crippen LogP contribution in [0.1, 0.15) is 52.1 Å². The first-order chi connectivity index (χ1) is 10.3. The van der Waals surface area contributed by atoms with E-state index in [-0.39, 0.29) is 11.9 Å². The molecule has 1 aliphatic rings. The van der Waals surface area contributed by atoms with Crippen LogP contribution in [0.2, 0.25) is 0 Å². The van der Waals surface area contributed by atoms with Crippen LogP contribution < -0.4 is 5.32 Å². The largest absolute Gasteiger partial charge is 0.444 e. The fraction of sp³-hybridized carbons (Fsp3) is 0.625. The molecule has 0 spiro atoms. The Morgan fingerprint density at radius 2 is 2.18 bits per heavy atom. The zero-order chi connectivity index (χ0) is 16.3. The van der Waals surface area contributed by atoms with Crippen molar-refractivity contribution in [2.24, 2.45) is 0 Å². The van der Waals surface area contributed by atoms with Crippen LogP contribution in [0.5, 0.6) is 0 Å². The highest BCUT2D eigenvalue weighted by molar-refractivity contribution is 7.07. The van der Waals surface area contributed by atoms with E-state index in [2.05, 4.69) is 16.8 Å². The van der Waals surface area contributed by atoms with Crippen molar-refractivity contribution in [3.8, 4) is 0 Å². The highest BCUT2D eigenvalue weighted by Crippen LogP contribution is 2.33. The van der Waals surface area contributed by atoms with E-state index in [4.69, 9.17) is 4.74 Å². The van der Waals surface area contributed by atoms with E-state index in [1.165, 1.54) is 5.56 Å². The van der Waals surface area contributed by atoms with Crippen molar-refractivity contribution in [1.29, 1.82) is 0 Å². The molecule has 122 valence electrons. The van der Waals surface area contributed by atoms with Gasteiger partial charge in [-0.1, -0.05) is 0 Å². The van der Waals surface area contributed by atoms with Crippen LogP contribution >= 0.6 is 11.3 Å². The minimum Gasteiger partial charge on any atom is -0.444 e. The van der Waals surface area contributed by atoms with Crippen molar-refractivity contribution in [1.82, 2.24) is 10.2 Å². The summed E-state index contributed by atoms with van der Waals surface area (Å²) in [6.07, 6.45) is 1.41. The first-order valence-electron chi connectivity index (χ1n) is 7.60. The third kappa shape index (κ3) is 4.22. The Balaban J connectivity index is 1.96. The van der Waals surface area contributed by atoms with Gasteiger partial charge in [-0.2, -0.15) is 11.3 Å². The van der Waals surface area contributed by atoms with Crippen LogP contribution in [-0.4, -0.2) is 35.1 Å². The van der Waals surface area contributed by atoms with Gasteiger partial charge in [-0.25, -0.2) is 4.79 Å². The van der Waals surface area contributed by atoms with Gasteiger partial charge >= 0.3 is 6.09 Å². The van der Waals surface area contributed by atoms with Gasteiger partial charge in [-0.3, -0.25) is 4.79 Å². The van der Waals surface area contributed by atoms with E-state index in [1.807, 2.05) is 10.3 Å². The number of rotatable bonds is 3. The van der Waals surface area contributed by atoms with Gasteiger partial charge in [0.2, 0.25) is 5.91 Å². The van der Waals surface area contributed by atoms with Crippen LogP contribution in [-0.2, 0) is 9.53 Å². The molecule has 1 saturated heterocycles. The van der Waals surface area contributed by atoms with Gasteiger partial charge in [0.25, 0.3) is 0 Å². The molecule has 5 nitrogen and oxygen atoms in total. The van der Waals surface area contributed by atoms with Crippen LogP contribution in [0.3, 0.4) is 0 Å². The van der Waals surface area contributed by atoms with Gasteiger partial charge in [0.1, 0.15) is 11.6 Å². The van der Waals surface area contributed by atoms with Crippen LogP contribution in [0.15, 0.2) is 16.8 Å². The summed E-state index contributed by atoms with van der Waals surface area (Å²) in [5.41, 5.74) is 0.611. The van der Waals surface area contributed by atoms with Crippen LogP contribution in [0, 0.1) is 0 Å². The summed E-state index contributed by atoms with van der Waals surface area (Å²) in [6.45, 7) is 7.83. The Hall–Kier alpha value is -1.56. The minimum atomic E-state index is -0.589. The van der Waals surface area contributed by atoms with Gasteiger partial charge in [-0.15, -0.1) is 0 Å². The molecule has 0 bridgehead atoms. The quantitative estimate of drug-likeness (QED) is 0.928. The first kappa shape index (κ1) is 16.8. The maximum absolute atomic E-state index is 12.6. The predicted octanol–water partition coefficient (Wildman–Crippen LogP) is 3.32. The predicted molar refractivity (Wildman–Crippen MR) is 86.8 cm³/mol. The Morgan fingerprint density at radius 3 is 2.77 bits per heavy atom. The van der Waals surface area contributed by atoms with Crippen molar-refractivity contribution >= 4 is 23.3 Å². The number of nitrogens with zero attached hydrogens (tertiary/aromatic N) is 1. The summed E-state index contributed by atoms with van der Waals surface area (Å²) in [5, 5.41) is 6.74. The lowest BCUT2D eigenvalue weighted by Gasteiger charge is -2.28. The molecule has 2 heterocycles. The van der Waals surface area contributed by atoms with Gasteiger partial charge in [-0.05, 0) is 62.9 Å². The van der Waals surface area contributed by atoms with Gasteiger partial charge < -0.3 is 15.0 Å². The van der Waals surface area contributed by atoms with Crippen molar-refractivity contribution in [2.45, 2.75) is 58.2 Å². The highest BCUT2D eigenvalue weighted by atomic mass is 32.1. The number of thiophene rings is 1. The summed E-state index contributed by atoms with van der Waals surface area (Å²) >= 11 is 1.64. The molecule has 2 amide bonds. The van der Waals surface area contributed by atoms with E-state index < -0.39 is 17.7 Å². The highest BCUT2D eigenvalue weighted by Gasteiger charge is 2.33. The zero-order valence-corrected chi connectivity index (χ0v) is 14.4. The summed E-state index contributed by atoms with van der Waals surface area (Å²) in [7, 11) is 0. The first-order valence-corrected chi connectivity index (χ1v) is 8.54. The van der Waals surface area contributed by atoms with E-state index >= 15 is 0 Å². The molecule has 2 atom stereocenters. The molecule has 22 heavy (non-hydrogen) atoms. The summed E-state index contributed by atoms with van der Waals surface area (Å²) in [4.78, 5) is 26.3. The molecule has 1 aromatic heterocycles. The zero-order valence-electron chi connectivity index (χ0n) is 13.6. The van der Waals surface area contributed by atoms with Crippen molar-refractivity contribution < 1.29 is 14.3 Å². The molecular formula is C16H24N2O3S. The number of ether oxygens (including phenoxy) is 1. The SMILES string of the molecule is C[C@@H](NC(=O)OC(C)(C)C)C(=O)N1CCC[C@@H]1c1ccsc1. The van der Waals surface area contributed by atoms with Gasteiger partial charge in [0.15, 0.2) is 0 Å². The Bertz CT molecular complexity index is 522. The molecule has 0 aliphatic carbocycles. The summed E-state index contributed by atoms with van der Waals surface area (Å²) < 4.78 is 5.20. The third-order valence-electron chi connectivity index (χ3n) is 3.57. The summed E-state index contributed by atoms with van der Waals surface area (Å²) in [5.74, 6) is -0.0560. The van der Waals surface area contributed by atoms with E-state index in [0.29, 0.717) is 0 Å². The third-order valence-corrected chi connectivity index (χ3v) is 4.27. The topological polar surface area (TPSA) is 58.6 Å². The second-order valence-electron chi connectivity index (χ2n) is 6.61. The molecule has 1 aliphatic heterocycles. The Kier molecular flexibility index (Phi) is 5.11. The Morgan fingerprint density at radius 1 is 1.45 bits per heavy atom. The maximum Gasteiger partial charge on any atom is 0.408 e. The lowest BCUT2D eigenvalue weighted by molar-refractivity contribution is -0.134. The standard InChI is InChI=1S/C16H24N2O3S/c1-11(17-15(20)21-16(2,3)4)14(19)18-8-5-6-13(18)12-7-9-22-10-12/h7,9-11,13H,5-6,8H2,1-4H3,(H,17,20)/t11-,13-/m1/s1. The molecular weight excluding hydrogens is 300 g/mol. The fourth-order valence-corrected chi connectivity index (χ4v) is 3.34. The average Bonchev–Trinajstić information content (AvgIpc) is 3.05. The number of likely N-dealkylation sites (tertiary alicyclic amines) is 1. The number of carbonyl (C=O) groups excluding carboxylic acids is 2. The Labute approximate surface area is 135 Å². The van der Waals surface area contributed by atoms with Crippen LogP contribution in [0.25, 0.3) is 0 Å². The number of hydrogen-bond acceptors (Lipinski definition) is 4. The number of amides is 2. The fourth-order valence-electron chi connectivity index (χ4n) is 2.64. The van der Waals surface area contributed by atoms with Gasteiger partial charge in [0.05, 0.1) is 6.04 Å². The molecule has 2 rings (SSSR count). The van der Waals surface area contributed by atoms with Crippen molar-refractivity contribution in [3.05, 3.63) is 22.4 Å². The second kappa shape index (κ2) is 6.69. The number of hydrogen-bond donors (Lipinski definition) is 1. The number of alkyl carbamates (subject to hydrolysis) is 1. The molecule has 0 saturated carbocycles. The van der Waals surface area contributed by atoms with E-state index in [0.717, 1.165) is 19.4 Å². The van der Waals surface area contributed by atoms with E-state index in [9.17, 15) is 9.59 Å². The van der Waals surface area contributed by atoms with Gasteiger partial charge in [0, 0.05) is 6.54 Å². The molecule has 0 aromatic carbocycles. The molecule has 6 heteroatoms. The summed E-state index contributed by atoms with van der Waals surface area (Å²) in [6, 6.07) is 1.60. The number of nitrogens with one attached hydrogen (secondary N) is 1. The molecule has 0 unspecified atom stereocenters. The second-order valence-corrected chi connectivity index (χ2v) is 7.39. The average molecular weight is 324 g/mol.